The van der Waals surface area contributed by atoms with E-state index in [0.29, 0.717) is 32.5 Å². The maximum absolute atomic E-state index is 12.2. The second kappa shape index (κ2) is 9.53. The Kier molecular flexibility index (Phi) is 7.40. The molecule has 2 rings (SSSR count). The number of carbonyl (C=O) groups is 2. The van der Waals surface area contributed by atoms with Gasteiger partial charge in [0.15, 0.2) is 0 Å². The van der Waals surface area contributed by atoms with Gasteiger partial charge in [-0.25, -0.2) is 0 Å². The van der Waals surface area contributed by atoms with Crippen molar-refractivity contribution in [2.45, 2.75) is 32.2 Å². The fourth-order valence-corrected chi connectivity index (χ4v) is 3.46. The number of carboxylic acid groups (broad SMARTS) is 1. The summed E-state index contributed by atoms with van der Waals surface area (Å²) in [5.74, 6) is -0.833. The van der Waals surface area contributed by atoms with Gasteiger partial charge in [-0.15, -0.1) is 0 Å². The zero-order valence-electron chi connectivity index (χ0n) is 14.9. The molecule has 0 spiro atoms. The van der Waals surface area contributed by atoms with Crippen molar-refractivity contribution in [3.63, 3.8) is 0 Å². The van der Waals surface area contributed by atoms with Crippen LogP contribution in [0.3, 0.4) is 0 Å². The number of rotatable bonds is 9. The van der Waals surface area contributed by atoms with Crippen molar-refractivity contribution >= 4 is 11.9 Å². The highest BCUT2D eigenvalue weighted by Gasteiger charge is 2.42. The van der Waals surface area contributed by atoms with E-state index in [1.54, 1.807) is 7.11 Å². The molecule has 1 unspecified atom stereocenters. The number of carbonyl (C=O) groups excluding carboxylic acids is 1. The summed E-state index contributed by atoms with van der Waals surface area (Å²) in [6, 6.07) is 9.74. The van der Waals surface area contributed by atoms with Crippen LogP contribution in [0, 0.1) is 5.41 Å². The number of hydrogen-bond acceptors (Lipinski definition) is 4. The van der Waals surface area contributed by atoms with Crippen molar-refractivity contribution in [3.8, 4) is 0 Å². The second-order valence-electron chi connectivity index (χ2n) is 6.76. The molecule has 6 heteroatoms. The van der Waals surface area contributed by atoms with E-state index in [1.165, 1.54) is 0 Å². The number of amides is 1. The van der Waals surface area contributed by atoms with E-state index in [9.17, 15) is 14.7 Å². The SMILES string of the molecule is COCCCC1(C(=O)O)CCCN(CC(=O)NCc2ccccc2)C1. The third-order valence-electron chi connectivity index (χ3n) is 4.81. The highest BCUT2D eigenvalue weighted by molar-refractivity contribution is 5.78. The molecule has 0 aromatic heterocycles. The van der Waals surface area contributed by atoms with Gasteiger partial charge in [0.2, 0.25) is 5.91 Å². The molecule has 0 aliphatic carbocycles. The predicted octanol–water partition coefficient (Wildman–Crippen LogP) is 1.90. The van der Waals surface area contributed by atoms with Crippen LogP contribution >= 0.6 is 0 Å². The summed E-state index contributed by atoms with van der Waals surface area (Å²) in [7, 11) is 1.62. The number of nitrogens with one attached hydrogen (secondary N) is 1. The van der Waals surface area contributed by atoms with Gasteiger partial charge in [-0.3, -0.25) is 14.5 Å². The average molecular weight is 348 g/mol. The summed E-state index contributed by atoms with van der Waals surface area (Å²) < 4.78 is 5.05. The van der Waals surface area contributed by atoms with Gasteiger partial charge < -0.3 is 15.2 Å². The molecular formula is C19H28N2O4. The third kappa shape index (κ3) is 5.83. The average Bonchev–Trinajstić information content (AvgIpc) is 2.61. The van der Waals surface area contributed by atoms with E-state index in [4.69, 9.17) is 4.74 Å². The molecule has 1 aliphatic heterocycles. The van der Waals surface area contributed by atoms with Crippen molar-refractivity contribution in [1.29, 1.82) is 0 Å². The van der Waals surface area contributed by atoms with Gasteiger partial charge in [-0.1, -0.05) is 30.3 Å². The molecule has 1 saturated heterocycles. The standard InChI is InChI=1S/C19H28N2O4/c1-25-12-6-10-19(18(23)24)9-5-11-21(15-19)14-17(22)20-13-16-7-3-2-4-8-16/h2-4,7-8H,5-6,9-15H2,1H3,(H,20,22)(H,23,24). The first-order chi connectivity index (χ1) is 12.1. The molecule has 0 saturated carbocycles. The maximum atomic E-state index is 12.2. The molecular weight excluding hydrogens is 320 g/mol. The molecule has 1 aromatic carbocycles. The van der Waals surface area contributed by atoms with Crippen molar-refractivity contribution in [1.82, 2.24) is 10.2 Å². The van der Waals surface area contributed by atoms with E-state index < -0.39 is 11.4 Å². The van der Waals surface area contributed by atoms with Crippen LogP contribution in [-0.4, -0.2) is 55.2 Å². The Hall–Kier alpha value is -1.92. The smallest absolute Gasteiger partial charge is 0.310 e. The number of piperidine rings is 1. The molecule has 0 bridgehead atoms. The number of hydrogen-bond donors (Lipinski definition) is 2. The van der Waals surface area contributed by atoms with Gasteiger partial charge in [-0.2, -0.15) is 0 Å². The zero-order valence-corrected chi connectivity index (χ0v) is 14.9. The lowest BCUT2D eigenvalue weighted by Gasteiger charge is -2.39. The van der Waals surface area contributed by atoms with Crippen LogP contribution in [0.2, 0.25) is 0 Å². The van der Waals surface area contributed by atoms with Crippen LogP contribution in [0.5, 0.6) is 0 Å². The lowest BCUT2D eigenvalue weighted by atomic mass is 9.76. The van der Waals surface area contributed by atoms with Gasteiger partial charge in [0, 0.05) is 26.8 Å². The molecule has 1 heterocycles. The molecule has 1 aromatic rings. The Morgan fingerprint density at radius 3 is 2.76 bits per heavy atom. The van der Waals surface area contributed by atoms with E-state index in [2.05, 4.69) is 5.32 Å². The summed E-state index contributed by atoms with van der Waals surface area (Å²) in [6.07, 6.45) is 2.76. The lowest BCUT2D eigenvalue weighted by molar-refractivity contribution is -0.154. The molecule has 6 nitrogen and oxygen atoms in total. The maximum Gasteiger partial charge on any atom is 0.310 e. The van der Waals surface area contributed by atoms with Gasteiger partial charge in [0.05, 0.1) is 12.0 Å². The molecule has 1 aliphatic rings. The molecule has 1 amide bonds. The van der Waals surface area contributed by atoms with Crippen LogP contribution in [0.15, 0.2) is 30.3 Å². The number of methoxy groups -OCH3 is 1. The van der Waals surface area contributed by atoms with Crippen LogP contribution in [-0.2, 0) is 20.9 Å². The first-order valence-electron chi connectivity index (χ1n) is 8.81. The Morgan fingerprint density at radius 1 is 1.32 bits per heavy atom. The van der Waals surface area contributed by atoms with Gasteiger partial charge in [0.1, 0.15) is 0 Å². The largest absolute Gasteiger partial charge is 0.481 e. The van der Waals surface area contributed by atoms with E-state index in [-0.39, 0.29) is 12.5 Å². The second-order valence-corrected chi connectivity index (χ2v) is 6.76. The summed E-state index contributed by atoms with van der Waals surface area (Å²) in [5.41, 5.74) is 0.283. The van der Waals surface area contributed by atoms with E-state index in [0.717, 1.165) is 24.9 Å². The first-order valence-corrected chi connectivity index (χ1v) is 8.81. The molecule has 1 atom stereocenters. The Balaban J connectivity index is 1.86. The topological polar surface area (TPSA) is 78.9 Å². The normalized spacial score (nSPS) is 21.0. The number of ether oxygens (including phenoxy) is 1. The summed E-state index contributed by atoms with van der Waals surface area (Å²) in [5, 5.41) is 12.6. The minimum absolute atomic E-state index is 0.0677. The van der Waals surface area contributed by atoms with E-state index in [1.807, 2.05) is 35.2 Å². The molecule has 138 valence electrons. The number of carboxylic acids is 1. The van der Waals surface area contributed by atoms with E-state index >= 15 is 0 Å². The number of benzene rings is 1. The van der Waals surface area contributed by atoms with Crippen molar-refractivity contribution in [3.05, 3.63) is 35.9 Å². The Bertz CT molecular complexity index is 564. The third-order valence-corrected chi connectivity index (χ3v) is 4.81. The minimum Gasteiger partial charge on any atom is -0.481 e. The van der Waals surface area contributed by atoms with Crippen LogP contribution in [0.25, 0.3) is 0 Å². The highest BCUT2D eigenvalue weighted by atomic mass is 16.5. The van der Waals surface area contributed by atoms with Gasteiger partial charge >= 0.3 is 5.97 Å². The van der Waals surface area contributed by atoms with Crippen molar-refractivity contribution in [2.75, 3.05) is 33.4 Å². The van der Waals surface area contributed by atoms with Crippen LogP contribution in [0.1, 0.15) is 31.2 Å². The van der Waals surface area contributed by atoms with Crippen LogP contribution in [0.4, 0.5) is 0 Å². The van der Waals surface area contributed by atoms with Crippen molar-refractivity contribution in [2.24, 2.45) is 5.41 Å². The fourth-order valence-electron chi connectivity index (χ4n) is 3.46. The first kappa shape index (κ1) is 19.4. The van der Waals surface area contributed by atoms with Gasteiger partial charge in [0.25, 0.3) is 0 Å². The summed E-state index contributed by atoms with van der Waals surface area (Å²) in [4.78, 5) is 26.0. The number of aliphatic carboxylic acids is 1. The number of nitrogens with zero attached hydrogens (tertiary/aromatic N) is 1. The molecule has 2 N–H and O–H groups in total. The predicted molar refractivity (Wildman–Crippen MR) is 95.1 cm³/mol. The zero-order chi connectivity index (χ0) is 18.1. The minimum atomic E-state index is -0.767. The Labute approximate surface area is 149 Å². The number of likely N-dealkylation sites (tertiary alicyclic amines) is 1. The van der Waals surface area contributed by atoms with Crippen LogP contribution < -0.4 is 5.32 Å². The Morgan fingerprint density at radius 2 is 2.08 bits per heavy atom. The fraction of sp³-hybridized carbons (Fsp3) is 0.579. The van der Waals surface area contributed by atoms with Gasteiger partial charge in [-0.05, 0) is 37.8 Å². The summed E-state index contributed by atoms with van der Waals surface area (Å²) >= 11 is 0. The molecule has 1 fully saturated rings. The monoisotopic (exact) mass is 348 g/mol. The summed E-state index contributed by atoms with van der Waals surface area (Å²) in [6.45, 7) is 2.48. The quantitative estimate of drug-likeness (QED) is 0.667. The van der Waals surface area contributed by atoms with Crippen molar-refractivity contribution < 1.29 is 19.4 Å². The molecule has 0 radical (unpaired) electrons. The molecule has 25 heavy (non-hydrogen) atoms. The lowest BCUT2D eigenvalue weighted by Crippen LogP contribution is -2.50. The highest BCUT2D eigenvalue weighted by Crippen LogP contribution is 2.35.